The molecule has 2 heterocycles. The number of pyridine rings is 1. The summed E-state index contributed by atoms with van der Waals surface area (Å²) >= 11 is 5.97. The lowest BCUT2D eigenvalue weighted by molar-refractivity contribution is 0.982. The predicted molar refractivity (Wildman–Crippen MR) is 79.7 cm³/mol. The van der Waals surface area contributed by atoms with Crippen LogP contribution in [0.2, 0.25) is 5.02 Å². The van der Waals surface area contributed by atoms with Crippen molar-refractivity contribution in [3.05, 3.63) is 59.4 Å². The quantitative estimate of drug-likeness (QED) is 0.703. The zero-order valence-corrected chi connectivity index (χ0v) is 11.7. The fraction of sp³-hybridized carbons (Fsp3) is 0.125. The van der Waals surface area contributed by atoms with Crippen LogP contribution in [0.4, 0.5) is 0 Å². The van der Waals surface area contributed by atoms with E-state index in [0.717, 1.165) is 22.5 Å². The first-order valence-corrected chi connectivity index (χ1v) is 6.69. The molecule has 0 amide bonds. The number of nitrogens with zero attached hydrogens (tertiary/aromatic N) is 3. The molecule has 0 radical (unpaired) electrons. The average molecular weight is 282 g/mol. The van der Waals surface area contributed by atoms with Crippen molar-refractivity contribution in [3.63, 3.8) is 0 Å². The van der Waals surface area contributed by atoms with Crippen molar-refractivity contribution < 1.29 is 0 Å². The molecular weight excluding hydrogens is 270 g/mol. The van der Waals surface area contributed by atoms with E-state index in [2.05, 4.69) is 11.1 Å². The zero-order valence-electron chi connectivity index (χ0n) is 10.9. The number of nitriles is 1. The van der Waals surface area contributed by atoms with Crippen LogP contribution in [0.25, 0.3) is 16.9 Å². The number of rotatable bonds is 2. The third-order valence-electron chi connectivity index (χ3n) is 3.32. The van der Waals surface area contributed by atoms with Gasteiger partial charge in [-0.05, 0) is 24.6 Å². The Labute approximate surface area is 122 Å². The van der Waals surface area contributed by atoms with Gasteiger partial charge < -0.3 is 4.40 Å². The first-order chi connectivity index (χ1) is 9.67. The smallest absolute Gasteiger partial charge is 0.137 e. The Morgan fingerprint density at radius 1 is 1.15 bits per heavy atom. The van der Waals surface area contributed by atoms with Crippen molar-refractivity contribution >= 4 is 17.2 Å². The summed E-state index contributed by atoms with van der Waals surface area (Å²) in [7, 11) is 0. The second-order valence-corrected chi connectivity index (χ2v) is 5.15. The molecule has 4 heteroatoms. The summed E-state index contributed by atoms with van der Waals surface area (Å²) in [5.41, 5.74) is 3.80. The van der Waals surface area contributed by atoms with Crippen LogP contribution >= 0.6 is 11.6 Å². The number of imidazole rings is 1. The monoisotopic (exact) mass is 281 g/mol. The molecule has 3 nitrogen and oxygen atoms in total. The molecule has 1 unspecified atom stereocenters. The average Bonchev–Trinajstić information content (AvgIpc) is 2.89. The van der Waals surface area contributed by atoms with Gasteiger partial charge >= 0.3 is 0 Å². The molecule has 98 valence electrons. The highest BCUT2D eigenvalue weighted by atomic mass is 35.5. The molecule has 0 bridgehead atoms. The van der Waals surface area contributed by atoms with Crippen LogP contribution in [-0.2, 0) is 0 Å². The lowest BCUT2D eigenvalue weighted by atomic mass is 10.0. The van der Waals surface area contributed by atoms with E-state index in [1.54, 1.807) is 0 Å². The van der Waals surface area contributed by atoms with E-state index in [-0.39, 0.29) is 5.92 Å². The number of aromatic nitrogens is 2. The van der Waals surface area contributed by atoms with E-state index in [4.69, 9.17) is 16.9 Å². The minimum absolute atomic E-state index is 0.0936. The molecule has 1 atom stereocenters. The van der Waals surface area contributed by atoms with Crippen LogP contribution in [-0.4, -0.2) is 9.38 Å². The van der Waals surface area contributed by atoms with Crippen LogP contribution in [0.5, 0.6) is 0 Å². The summed E-state index contributed by atoms with van der Waals surface area (Å²) in [6, 6.07) is 13.9. The largest absolute Gasteiger partial charge is 0.305 e. The predicted octanol–water partition coefficient (Wildman–Crippen LogP) is 4.28. The van der Waals surface area contributed by atoms with Crippen LogP contribution < -0.4 is 0 Å². The Kier molecular flexibility index (Phi) is 3.17. The van der Waals surface area contributed by atoms with Crippen LogP contribution in [0.1, 0.15) is 18.4 Å². The highest BCUT2D eigenvalue weighted by molar-refractivity contribution is 6.30. The number of hydrogen-bond donors (Lipinski definition) is 0. The molecule has 0 aliphatic carbocycles. The molecule has 20 heavy (non-hydrogen) atoms. The van der Waals surface area contributed by atoms with E-state index < -0.39 is 0 Å². The molecule has 0 saturated heterocycles. The van der Waals surface area contributed by atoms with E-state index in [9.17, 15) is 0 Å². The SMILES string of the molecule is CC(C#N)c1ccc(-c2cn3cc(Cl)ccc3n2)cc1. The molecule has 0 aliphatic heterocycles. The van der Waals surface area contributed by atoms with Gasteiger partial charge in [0.05, 0.1) is 22.7 Å². The first kappa shape index (κ1) is 12.7. The molecule has 0 fully saturated rings. The summed E-state index contributed by atoms with van der Waals surface area (Å²) in [4.78, 5) is 4.56. The number of hydrogen-bond acceptors (Lipinski definition) is 2. The van der Waals surface area contributed by atoms with E-state index in [0.29, 0.717) is 5.02 Å². The summed E-state index contributed by atoms with van der Waals surface area (Å²) in [6.45, 7) is 1.89. The fourth-order valence-electron chi connectivity index (χ4n) is 2.12. The Balaban J connectivity index is 2.00. The maximum absolute atomic E-state index is 8.92. The molecule has 0 saturated carbocycles. The first-order valence-electron chi connectivity index (χ1n) is 6.31. The topological polar surface area (TPSA) is 41.1 Å². The van der Waals surface area contributed by atoms with Gasteiger partial charge in [0.1, 0.15) is 5.65 Å². The van der Waals surface area contributed by atoms with Gasteiger partial charge in [-0.1, -0.05) is 35.9 Å². The van der Waals surface area contributed by atoms with Crippen LogP contribution in [0, 0.1) is 11.3 Å². The molecule has 0 N–H and O–H groups in total. The number of fused-ring (bicyclic) bond motifs is 1. The summed E-state index contributed by atoms with van der Waals surface area (Å²) in [5, 5.41) is 9.60. The third-order valence-corrected chi connectivity index (χ3v) is 3.54. The van der Waals surface area contributed by atoms with Gasteiger partial charge in [0.2, 0.25) is 0 Å². The molecule has 3 aromatic rings. The molecule has 1 aromatic carbocycles. The van der Waals surface area contributed by atoms with Gasteiger partial charge in [-0.2, -0.15) is 5.26 Å². The lowest BCUT2D eigenvalue weighted by Crippen LogP contribution is -1.88. The van der Waals surface area contributed by atoms with E-state index in [1.165, 1.54) is 0 Å². The van der Waals surface area contributed by atoms with Crippen LogP contribution in [0.15, 0.2) is 48.8 Å². The fourth-order valence-corrected chi connectivity index (χ4v) is 2.29. The van der Waals surface area contributed by atoms with Crippen molar-refractivity contribution in [2.45, 2.75) is 12.8 Å². The van der Waals surface area contributed by atoms with Gasteiger partial charge in [-0.3, -0.25) is 0 Å². The highest BCUT2D eigenvalue weighted by Crippen LogP contribution is 2.23. The van der Waals surface area contributed by atoms with Gasteiger partial charge in [-0.25, -0.2) is 4.98 Å². The second kappa shape index (κ2) is 4.99. The minimum Gasteiger partial charge on any atom is -0.305 e. The van der Waals surface area contributed by atoms with Crippen molar-refractivity contribution in [2.75, 3.05) is 0 Å². The number of benzene rings is 1. The van der Waals surface area contributed by atoms with Crippen molar-refractivity contribution in [2.24, 2.45) is 0 Å². The Hall–Kier alpha value is -2.31. The highest BCUT2D eigenvalue weighted by Gasteiger charge is 2.07. The van der Waals surface area contributed by atoms with Crippen molar-refractivity contribution in [1.82, 2.24) is 9.38 Å². The van der Waals surface area contributed by atoms with E-state index in [1.807, 2.05) is 60.1 Å². The molecular formula is C16H12ClN3. The lowest BCUT2D eigenvalue weighted by Gasteiger charge is -2.03. The van der Waals surface area contributed by atoms with Crippen molar-refractivity contribution in [1.29, 1.82) is 5.26 Å². The molecule has 0 spiro atoms. The van der Waals surface area contributed by atoms with Crippen molar-refractivity contribution in [3.8, 4) is 17.3 Å². The van der Waals surface area contributed by atoms with Gasteiger partial charge in [0.25, 0.3) is 0 Å². The Morgan fingerprint density at radius 3 is 2.60 bits per heavy atom. The zero-order chi connectivity index (χ0) is 14.1. The Morgan fingerprint density at radius 2 is 1.90 bits per heavy atom. The molecule has 2 aromatic heterocycles. The summed E-state index contributed by atoms with van der Waals surface area (Å²) in [6.07, 6.45) is 3.78. The van der Waals surface area contributed by atoms with E-state index >= 15 is 0 Å². The number of halogens is 1. The Bertz CT molecular complexity index is 797. The van der Waals surface area contributed by atoms with Gasteiger partial charge in [-0.15, -0.1) is 0 Å². The summed E-state index contributed by atoms with van der Waals surface area (Å²) in [5.74, 6) is -0.0936. The van der Waals surface area contributed by atoms with Gasteiger partial charge in [0, 0.05) is 18.0 Å². The van der Waals surface area contributed by atoms with Crippen LogP contribution in [0.3, 0.4) is 0 Å². The minimum atomic E-state index is -0.0936. The normalized spacial score (nSPS) is 12.2. The summed E-state index contributed by atoms with van der Waals surface area (Å²) < 4.78 is 1.91. The third kappa shape index (κ3) is 2.26. The molecule has 3 rings (SSSR count). The standard InChI is InChI=1S/C16H12ClN3/c1-11(8-18)12-2-4-13(5-3-12)15-10-20-9-14(17)6-7-16(20)19-15/h2-7,9-11H,1H3. The van der Waals surface area contributed by atoms with Gasteiger partial charge in [0.15, 0.2) is 0 Å². The maximum atomic E-state index is 8.92. The molecule has 0 aliphatic rings. The second-order valence-electron chi connectivity index (χ2n) is 4.71. The maximum Gasteiger partial charge on any atom is 0.137 e.